The van der Waals surface area contributed by atoms with Gasteiger partial charge in [-0.1, -0.05) is 0 Å². The van der Waals surface area contributed by atoms with Crippen LogP contribution in [-0.4, -0.2) is 19.1 Å². The second-order valence-corrected chi connectivity index (χ2v) is 2.71. The molecule has 62 valence electrons. The molecule has 0 aliphatic rings. The summed E-state index contributed by atoms with van der Waals surface area (Å²) in [5.41, 5.74) is 1.95. The molecule has 0 aliphatic heterocycles. The minimum Gasteiger partial charge on any atom is -0.331 e. The maximum absolute atomic E-state index is 7.41. The Bertz CT molecular complexity index is 478. The molecular formula is C7H9N5. The number of imidazole rings is 1. The quantitative estimate of drug-likeness (QED) is 0.584. The second-order valence-electron chi connectivity index (χ2n) is 2.71. The number of aromatic nitrogens is 4. The molecule has 0 saturated heterocycles. The molecule has 0 radical (unpaired) electrons. The molecule has 2 aromatic rings. The molecule has 0 aromatic carbocycles. The lowest BCUT2D eigenvalue weighted by Gasteiger charge is -1.98. The van der Waals surface area contributed by atoms with E-state index in [0.717, 1.165) is 11.2 Å². The van der Waals surface area contributed by atoms with Gasteiger partial charge in [-0.05, 0) is 0 Å². The minimum atomic E-state index is 0.223. The van der Waals surface area contributed by atoms with Gasteiger partial charge >= 0.3 is 0 Å². The fourth-order valence-electron chi connectivity index (χ4n) is 1.14. The van der Waals surface area contributed by atoms with E-state index in [9.17, 15) is 0 Å². The average molecular weight is 163 g/mol. The highest BCUT2D eigenvalue weighted by Crippen LogP contribution is 2.04. The molecule has 1 N–H and O–H groups in total. The SMILES string of the molecule is Cn1cnc2c1cnc(=N)n2C. The minimum absolute atomic E-state index is 0.223. The summed E-state index contributed by atoms with van der Waals surface area (Å²) in [7, 11) is 3.69. The largest absolute Gasteiger partial charge is 0.331 e. The lowest BCUT2D eigenvalue weighted by atomic mass is 10.5. The van der Waals surface area contributed by atoms with Crippen molar-refractivity contribution in [3.63, 3.8) is 0 Å². The van der Waals surface area contributed by atoms with Crippen LogP contribution in [0.4, 0.5) is 0 Å². The smallest absolute Gasteiger partial charge is 0.223 e. The molecule has 0 unspecified atom stereocenters. The first-order valence-corrected chi connectivity index (χ1v) is 3.58. The lowest BCUT2D eigenvalue weighted by molar-refractivity contribution is 0.788. The van der Waals surface area contributed by atoms with E-state index in [-0.39, 0.29) is 5.62 Å². The Kier molecular flexibility index (Phi) is 1.27. The van der Waals surface area contributed by atoms with Crippen LogP contribution in [0.25, 0.3) is 11.2 Å². The van der Waals surface area contributed by atoms with Gasteiger partial charge in [-0.15, -0.1) is 0 Å². The van der Waals surface area contributed by atoms with Gasteiger partial charge in [-0.2, -0.15) is 0 Å². The van der Waals surface area contributed by atoms with Crippen molar-refractivity contribution in [2.24, 2.45) is 14.1 Å². The topological polar surface area (TPSA) is 59.5 Å². The van der Waals surface area contributed by atoms with E-state index < -0.39 is 0 Å². The average Bonchev–Trinajstić information content (AvgIpc) is 2.41. The van der Waals surface area contributed by atoms with Crippen molar-refractivity contribution < 1.29 is 0 Å². The molecule has 5 heteroatoms. The zero-order chi connectivity index (χ0) is 8.72. The van der Waals surface area contributed by atoms with Gasteiger partial charge in [0.05, 0.1) is 12.5 Å². The van der Waals surface area contributed by atoms with Crippen molar-refractivity contribution >= 4 is 11.2 Å². The van der Waals surface area contributed by atoms with E-state index in [1.165, 1.54) is 0 Å². The van der Waals surface area contributed by atoms with Crippen LogP contribution in [0.5, 0.6) is 0 Å². The maximum atomic E-state index is 7.41. The summed E-state index contributed by atoms with van der Waals surface area (Å²) in [6.45, 7) is 0. The Morgan fingerprint density at radius 3 is 2.83 bits per heavy atom. The number of hydrogen-bond acceptors (Lipinski definition) is 3. The van der Waals surface area contributed by atoms with E-state index >= 15 is 0 Å². The zero-order valence-corrected chi connectivity index (χ0v) is 6.94. The van der Waals surface area contributed by atoms with Crippen molar-refractivity contribution in [2.75, 3.05) is 0 Å². The lowest BCUT2D eigenvalue weighted by Crippen LogP contribution is -2.19. The van der Waals surface area contributed by atoms with Gasteiger partial charge in [-0.25, -0.2) is 9.97 Å². The first-order chi connectivity index (χ1) is 5.70. The number of aryl methyl sites for hydroxylation is 2. The van der Waals surface area contributed by atoms with Crippen LogP contribution in [-0.2, 0) is 14.1 Å². The molecule has 0 bridgehead atoms. The molecule has 0 spiro atoms. The van der Waals surface area contributed by atoms with Crippen molar-refractivity contribution in [3.05, 3.63) is 18.1 Å². The monoisotopic (exact) mass is 163 g/mol. The van der Waals surface area contributed by atoms with Crippen LogP contribution >= 0.6 is 0 Å². The van der Waals surface area contributed by atoms with Gasteiger partial charge in [0.15, 0.2) is 5.65 Å². The molecule has 0 amide bonds. The molecule has 2 heterocycles. The Balaban J connectivity index is 3.02. The molecule has 2 rings (SSSR count). The van der Waals surface area contributed by atoms with Crippen molar-refractivity contribution in [2.45, 2.75) is 0 Å². The van der Waals surface area contributed by atoms with Gasteiger partial charge in [0.2, 0.25) is 5.62 Å². The molecule has 2 aromatic heterocycles. The van der Waals surface area contributed by atoms with Crippen molar-refractivity contribution in [3.8, 4) is 0 Å². The van der Waals surface area contributed by atoms with Gasteiger partial charge < -0.3 is 4.57 Å². The molecule has 0 atom stereocenters. The Labute approximate surface area is 68.8 Å². The van der Waals surface area contributed by atoms with E-state index in [1.54, 1.807) is 24.1 Å². The normalized spacial score (nSPS) is 10.8. The molecule has 12 heavy (non-hydrogen) atoms. The third-order valence-corrected chi connectivity index (χ3v) is 1.91. The zero-order valence-electron chi connectivity index (χ0n) is 6.94. The van der Waals surface area contributed by atoms with Crippen LogP contribution in [0, 0.1) is 5.41 Å². The predicted octanol–water partition coefficient (Wildman–Crippen LogP) is -0.214. The Hall–Kier alpha value is -1.65. The number of nitrogens with one attached hydrogen (secondary N) is 1. The second kappa shape index (κ2) is 2.17. The maximum Gasteiger partial charge on any atom is 0.223 e. The number of nitrogens with zero attached hydrogens (tertiary/aromatic N) is 4. The standard InChI is InChI=1S/C7H9N5/c1-11-4-10-6-5(11)3-9-7(8)12(6)2/h3-4,8H,1-2H3. The van der Waals surface area contributed by atoms with Crippen LogP contribution in [0.2, 0.25) is 0 Å². The van der Waals surface area contributed by atoms with E-state index in [4.69, 9.17) is 5.41 Å². The highest BCUT2D eigenvalue weighted by atomic mass is 15.1. The predicted molar refractivity (Wildman–Crippen MR) is 43.3 cm³/mol. The van der Waals surface area contributed by atoms with Gasteiger partial charge in [0.1, 0.15) is 5.52 Å². The molecule has 0 aliphatic carbocycles. The van der Waals surface area contributed by atoms with Crippen LogP contribution < -0.4 is 5.62 Å². The summed E-state index contributed by atoms with van der Waals surface area (Å²) in [5, 5.41) is 7.41. The molecule has 0 saturated carbocycles. The summed E-state index contributed by atoms with van der Waals surface area (Å²) in [5.74, 6) is 0. The summed E-state index contributed by atoms with van der Waals surface area (Å²) < 4.78 is 3.52. The van der Waals surface area contributed by atoms with E-state index in [1.807, 2.05) is 11.6 Å². The summed E-state index contributed by atoms with van der Waals surface area (Å²) in [4.78, 5) is 8.05. The fraction of sp³-hybridized carbons (Fsp3) is 0.286. The first-order valence-electron chi connectivity index (χ1n) is 3.58. The van der Waals surface area contributed by atoms with Crippen molar-refractivity contribution in [1.29, 1.82) is 5.41 Å². The summed E-state index contributed by atoms with van der Waals surface area (Å²) in [6, 6.07) is 0. The third-order valence-electron chi connectivity index (χ3n) is 1.91. The molecular weight excluding hydrogens is 154 g/mol. The summed E-state index contributed by atoms with van der Waals surface area (Å²) >= 11 is 0. The molecule has 5 nitrogen and oxygen atoms in total. The highest BCUT2D eigenvalue weighted by molar-refractivity contribution is 5.69. The third kappa shape index (κ3) is 0.761. The summed E-state index contributed by atoms with van der Waals surface area (Å²) in [6.07, 6.45) is 3.37. The van der Waals surface area contributed by atoms with Crippen LogP contribution in [0.15, 0.2) is 12.5 Å². The number of hydrogen-bond donors (Lipinski definition) is 1. The Morgan fingerprint density at radius 1 is 1.33 bits per heavy atom. The van der Waals surface area contributed by atoms with Gasteiger partial charge in [0.25, 0.3) is 0 Å². The van der Waals surface area contributed by atoms with Crippen LogP contribution in [0.3, 0.4) is 0 Å². The van der Waals surface area contributed by atoms with E-state index in [0.29, 0.717) is 0 Å². The number of rotatable bonds is 0. The van der Waals surface area contributed by atoms with E-state index in [2.05, 4.69) is 9.97 Å². The van der Waals surface area contributed by atoms with Crippen LogP contribution in [0.1, 0.15) is 0 Å². The highest BCUT2D eigenvalue weighted by Gasteiger charge is 2.01. The fourth-order valence-corrected chi connectivity index (χ4v) is 1.14. The first kappa shape index (κ1) is 7.02. The van der Waals surface area contributed by atoms with Crippen molar-refractivity contribution in [1.82, 2.24) is 19.1 Å². The van der Waals surface area contributed by atoms with Gasteiger partial charge in [0, 0.05) is 14.1 Å². The number of fused-ring (bicyclic) bond motifs is 1. The van der Waals surface area contributed by atoms with Gasteiger partial charge in [-0.3, -0.25) is 9.98 Å². The molecule has 0 fully saturated rings. The Morgan fingerprint density at radius 2 is 2.08 bits per heavy atom.